The van der Waals surface area contributed by atoms with Crippen LogP contribution in [0.25, 0.3) is 0 Å². The van der Waals surface area contributed by atoms with Gasteiger partial charge in [0.1, 0.15) is 0 Å². The molecule has 0 aliphatic heterocycles. The van der Waals surface area contributed by atoms with E-state index in [1.165, 1.54) is 0 Å². The molecule has 0 saturated heterocycles. The highest BCUT2D eigenvalue weighted by Crippen LogP contribution is 2.27. The molecule has 0 bridgehead atoms. The van der Waals surface area contributed by atoms with Crippen LogP contribution in [0, 0.1) is 0 Å². The molecule has 2 nitrogen and oxygen atoms in total. The Labute approximate surface area is 149 Å². The second-order valence-corrected chi connectivity index (χ2v) is 6.73. The van der Waals surface area contributed by atoms with E-state index < -0.39 is 5.54 Å². The van der Waals surface area contributed by atoms with E-state index in [-0.39, 0.29) is 11.8 Å². The Hall–Kier alpha value is -2.87. The first-order chi connectivity index (χ1) is 12.1. The zero-order chi connectivity index (χ0) is 17.7. The molecule has 25 heavy (non-hydrogen) atoms. The summed E-state index contributed by atoms with van der Waals surface area (Å²) in [6.07, 6.45) is 0. The van der Waals surface area contributed by atoms with Gasteiger partial charge in [0.15, 0.2) is 0 Å². The minimum absolute atomic E-state index is 0.00579. The largest absolute Gasteiger partial charge is 0.346 e. The summed E-state index contributed by atoms with van der Waals surface area (Å²) in [6, 6.07) is 29.9. The van der Waals surface area contributed by atoms with Crippen molar-refractivity contribution >= 4 is 5.91 Å². The molecule has 1 N–H and O–H groups in total. The Bertz CT molecular complexity index is 771. The Balaban J connectivity index is 1.93. The van der Waals surface area contributed by atoms with Crippen LogP contribution in [-0.4, -0.2) is 5.91 Å². The fourth-order valence-corrected chi connectivity index (χ4v) is 3.09. The zero-order valence-corrected chi connectivity index (χ0v) is 14.6. The number of hydrogen-bond donors (Lipinski definition) is 1. The summed E-state index contributed by atoms with van der Waals surface area (Å²) >= 11 is 0. The lowest BCUT2D eigenvalue weighted by molar-refractivity contribution is -0.123. The van der Waals surface area contributed by atoms with Gasteiger partial charge in [0, 0.05) is 0 Å². The van der Waals surface area contributed by atoms with E-state index in [1.807, 2.05) is 105 Å². The third kappa shape index (κ3) is 3.97. The average Bonchev–Trinajstić information content (AvgIpc) is 2.64. The smallest absolute Gasteiger partial charge is 0.232 e. The maximum absolute atomic E-state index is 13.2. The van der Waals surface area contributed by atoms with Crippen molar-refractivity contribution in [3.63, 3.8) is 0 Å². The molecule has 0 unspecified atom stereocenters. The molecule has 3 aromatic carbocycles. The van der Waals surface area contributed by atoms with Crippen molar-refractivity contribution < 1.29 is 4.79 Å². The zero-order valence-electron chi connectivity index (χ0n) is 14.6. The normalized spacial score (nSPS) is 11.3. The van der Waals surface area contributed by atoms with Crippen LogP contribution in [0.1, 0.15) is 36.5 Å². The lowest BCUT2D eigenvalue weighted by Crippen LogP contribution is -2.43. The van der Waals surface area contributed by atoms with E-state index in [9.17, 15) is 4.79 Å². The highest BCUT2D eigenvalue weighted by molar-refractivity contribution is 5.87. The van der Waals surface area contributed by atoms with Crippen molar-refractivity contribution in [2.75, 3.05) is 0 Å². The molecule has 126 valence electrons. The molecular formula is C23H23NO. The van der Waals surface area contributed by atoms with Crippen molar-refractivity contribution in [1.82, 2.24) is 5.32 Å². The van der Waals surface area contributed by atoms with E-state index in [1.54, 1.807) is 0 Å². The lowest BCUT2D eigenvalue weighted by Gasteiger charge is -2.29. The van der Waals surface area contributed by atoms with Crippen LogP contribution in [0.5, 0.6) is 0 Å². The summed E-state index contributed by atoms with van der Waals surface area (Å²) in [5, 5.41) is 3.23. The maximum Gasteiger partial charge on any atom is 0.232 e. The first-order valence-electron chi connectivity index (χ1n) is 8.55. The number of carbonyl (C=O) groups is 1. The van der Waals surface area contributed by atoms with Crippen LogP contribution in [-0.2, 0) is 10.3 Å². The van der Waals surface area contributed by atoms with Gasteiger partial charge in [-0.3, -0.25) is 4.79 Å². The quantitative estimate of drug-likeness (QED) is 0.711. The molecule has 0 saturated carbocycles. The van der Waals surface area contributed by atoms with Gasteiger partial charge in [-0.15, -0.1) is 0 Å². The number of benzene rings is 3. The summed E-state index contributed by atoms with van der Waals surface area (Å²) < 4.78 is 0. The van der Waals surface area contributed by atoms with Crippen LogP contribution in [0.3, 0.4) is 0 Å². The summed E-state index contributed by atoms with van der Waals surface area (Å²) in [4.78, 5) is 13.2. The Kier molecular flexibility index (Phi) is 4.99. The van der Waals surface area contributed by atoms with Gasteiger partial charge < -0.3 is 5.32 Å². The Morgan fingerprint density at radius 1 is 0.720 bits per heavy atom. The fraction of sp³-hybridized carbons (Fsp3) is 0.174. The molecule has 0 fully saturated rings. The third-order valence-electron chi connectivity index (χ3n) is 4.46. The number of rotatable bonds is 5. The van der Waals surface area contributed by atoms with E-state index >= 15 is 0 Å². The van der Waals surface area contributed by atoms with E-state index in [0.29, 0.717) is 0 Å². The fourth-order valence-electron chi connectivity index (χ4n) is 3.09. The first kappa shape index (κ1) is 17.0. The molecular weight excluding hydrogens is 306 g/mol. The standard InChI is InChI=1S/C23H23NO/c1-23(2,20-16-10-5-11-17-20)24-22(25)21(18-12-6-3-7-13-18)19-14-8-4-9-15-19/h3-17,21H,1-2H3,(H,24,25). The average molecular weight is 329 g/mol. The number of carbonyl (C=O) groups excluding carboxylic acids is 1. The molecule has 0 spiro atoms. The monoisotopic (exact) mass is 329 g/mol. The summed E-state index contributed by atoms with van der Waals surface area (Å²) in [7, 11) is 0. The van der Waals surface area contributed by atoms with Gasteiger partial charge in [-0.2, -0.15) is 0 Å². The lowest BCUT2D eigenvalue weighted by atomic mass is 9.88. The van der Waals surface area contributed by atoms with Gasteiger partial charge in [-0.05, 0) is 30.5 Å². The molecule has 0 radical (unpaired) electrons. The highest BCUT2D eigenvalue weighted by atomic mass is 16.2. The first-order valence-corrected chi connectivity index (χ1v) is 8.55. The van der Waals surface area contributed by atoms with Crippen molar-refractivity contribution in [1.29, 1.82) is 0 Å². The Morgan fingerprint density at radius 3 is 1.56 bits per heavy atom. The molecule has 0 aliphatic carbocycles. The summed E-state index contributed by atoms with van der Waals surface area (Å²) in [5.41, 5.74) is 2.63. The molecule has 0 aromatic heterocycles. The van der Waals surface area contributed by atoms with Crippen LogP contribution in [0.15, 0.2) is 91.0 Å². The topological polar surface area (TPSA) is 29.1 Å². The number of hydrogen-bond acceptors (Lipinski definition) is 1. The van der Waals surface area contributed by atoms with Gasteiger partial charge in [0.25, 0.3) is 0 Å². The van der Waals surface area contributed by atoms with Crippen molar-refractivity contribution in [3.05, 3.63) is 108 Å². The molecule has 2 heteroatoms. The van der Waals surface area contributed by atoms with Gasteiger partial charge in [-0.25, -0.2) is 0 Å². The van der Waals surface area contributed by atoms with Crippen LogP contribution in [0.2, 0.25) is 0 Å². The van der Waals surface area contributed by atoms with Crippen molar-refractivity contribution in [2.45, 2.75) is 25.3 Å². The number of nitrogens with one attached hydrogen (secondary N) is 1. The highest BCUT2D eigenvalue weighted by Gasteiger charge is 2.29. The number of amides is 1. The minimum Gasteiger partial charge on any atom is -0.346 e. The molecule has 1 amide bonds. The van der Waals surface area contributed by atoms with Gasteiger partial charge in [0.05, 0.1) is 11.5 Å². The Morgan fingerprint density at radius 2 is 1.12 bits per heavy atom. The van der Waals surface area contributed by atoms with Crippen molar-refractivity contribution in [3.8, 4) is 0 Å². The van der Waals surface area contributed by atoms with Gasteiger partial charge in [0.2, 0.25) is 5.91 Å². The van der Waals surface area contributed by atoms with Crippen LogP contribution >= 0.6 is 0 Å². The van der Waals surface area contributed by atoms with Crippen LogP contribution in [0.4, 0.5) is 0 Å². The van der Waals surface area contributed by atoms with Crippen LogP contribution < -0.4 is 5.32 Å². The minimum atomic E-state index is -0.444. The van der Waals surface area contributed by atoms with E-state index in [0.717, 1.165) is 16.7 Å². The van der Waals surface area contributed by atoms with E-state index in [4.69, 9.17) is 0 Å². The maximum atomic E-state index is 13.2. The molecule has 3 aromatic rings. The second kappa shape index (κ2) is 7.35. The van der Waals surface area contributed by atoms with Gasteiger partial charge >= 0.3 is 0 Å². The predicted octanol–water partition coefficient (Wildman–Crippen LogP) is 4.87. The molecule has 3 rings (SSSR count). The third-order valence-corrected chi connectivity index (χ3v) is 4.46. The molecule has 0 atom stereocenters. The summed E-state index contributed by atoms with van der Waals surface area (Å²) in [6.45, 7) is 4.07. The van der Waals surface area contributed by atoms with E-state index in [2.05, 4.69) is 5.32 Å². The SMILES string of the molecule is CC(C)(NC(=O)C(c1ccccc1)c1ccccc1)c1ccccc1. The van der Waals surface area contributed by atoms with Crippen molar-refractivity contribution in [2.24, 2.45) is 0 Å². The van der Waals surface area contributed by atoms with Gasteiger partial charge in [-0.1, -0.05) is 91.0 Å². The predicted molar refractivity (Wildman–Crippen MR) is 102 cm³/mol. The summed E-state index contributed by atoms with van der Waals surface area (Å²) in [5.74, 6) is -0.323. The molecule has 0 heterocycles. The molecule has 0 aliphatic rings. The second-order valence-electron chi connectivity index (χ2n) is 6.73.